The Hall–Kier alpha value is -3.61. The lowest BCUT2D eigenvalue weighted by Crippen LogP contribution is -2.24. The van der Waals surface area contributed by atoms with Crippen molar-refractivity contribution < 1.29 is 14.0 Å². The number of hydrogen-bond donors (Lipinski definition) is 2. The molecule has 0 saturated heterocycles. The van der Waals surface area contributed by atoms with Crippen LogP contribution in [-0.2, 0) is 0 Å². The summed E-state index contributed by atoms with van der Waals surface area (Å²) in [5.41, 5.74) is 6.66. The molecule has 0 fully saturated rings. The van der Waals surface area contributed by atoms with Crippen LogP contribution in [0.4, 0.5) is 5.82 Å². The number of nitrogens with one attached hydrogen (secondary N) is 1. The first-order valence-corrected chi connectivity index (χ1v) is 7.12. The third-order valence-corrected chi connectivity index (χ3v) is 3.88. The van der Waals surface area contributed by atoms with Crippen molar-refractivity contribution in [3.8, 4) is 17.0 Å². The Balaban J connectivity index is 2.04. The number of nitrogen functional groups attached to an aromatic ring is 1. The fraction of sp³-hybridized carbons (Fsp3) is 0. The van der Waals surface area contributed by atoms with Gasteiger partial charge in [0.25, 0.3) is 17.4 Å². The molecule has 0 saturated carbocycles. The molecule has 0 aliphatic carbocycles. The minimum absolute atomic E-state index is 0.00534. The predicted molar refractivity (Wildman–Crippen MR) is 86.0 cm³/mol. The van der Waals surface area contributed by atoms with Gasteiger partial charge in [0.1, 0.15) is 11.6 Å². The maximum absolute atomic E-state index is 12.5. The second kappa shape index (κ2) is 4.95. The van der Waals surface area contributed by atoms with Crippen LogP contribution in [0.1, 0.15) is 20.7 Å². The van der Waals surface area contributed by atoms with Gasteiger partial charge in [-0.3, -0.25) is 24.3 Å². The van der Waals surface area contributed by atoms with Gasteiger partial charge in [0.15, 0.2) is 0 Å². The number of rotatable bonds is 2. The topological polar surface area (TPSA) is 107 Å². The Morgan fingerprint density at radius 2 is 1.75 bits per heavy atom. The zero-order valence-electron chi connectivity index (χ0n) is 12.3. The van der Waals surface area contributed by atoms with Gasteiger partial charge in [-0.05, 0) is 24.3 Å². The van der Waals surface area contributed by atoms with E-state index < -0.39 is 17.4 Å². The number of nitrogens with two attached hydrogens (primary N) is 1. The van der Waals surface area contributed by atoms with Crippen LogP contribution in [0, 0.1) is 0 Å². The van der Waals surface area contributed by atoms with Crippen LogP contribution >= 0.6 is 0 Å². The number of anilines is 1. The Morgan fingerprint density at radius 1 is 0.958 bits per heavy atom. The Morgan fingerprint density at radius 3 is 2.50 bits per heavy atom. The van der Waals surface area contributed by atoms with Crippen molar-refractivity contribution in [2.24, 2.45) is 0 Å². The summed E-state index contributed by atoms with van der Waals surface area (Å²) in [6.07, 6.45) is 1.52. The van der Waals surface area contributed by atoms with Crippen molar-refractivity contribution in [2.75, 3.05) is 5.73 Å². The van der Waals surface area contributed by atoms with Gasteiger partial charge in [-0.1, -0.05) is 12.1 Å². The molecule has 0 bridgehead atoms. The normalized spacial score (nSPS) is 13.0. The number of furan rings is 1. The van der Waals surface area contributed by atoms with Gasteiger partial charge < -0.3 is 10.2 Å². The van der Waals surface area contributed by atoms with E-state index in [0.29, 0.717) is 17.0 Å². The summed E-state index contributed by atoms with van der Waals surface area (Å²) < 4.78 is 6.61. The molecule has 1 aromatic carbocycles. The Labute approximate surface area is 135 Å². The average molecular weight is 321 g/mol. The molecule has 7 heteroatoms. The summed E-state index contributed by atoms with van der Waals surface area (Å²) in [6, 6.07) is 11.6. The summed E-state index contributed by atoms with van der Waals surface area (Å²) in [5.74, 6) is -0.764. The van der Waals surface area contributed by atoms with Crippen molar-refractivity contribution >= 4 is 17.6 Å². The lowest BCUT2D eigenvalue weighted by Gasteiger charge is -2.14. The molecule has 1 aliphatic heterocycles. The van der Waals surface area contributed by atoms with Gasteiger partial charge >= 0.3 is 0 Å². The van der Waals surface area contributed by atoms with Crippen molar-refractivity contribution in [1.29, 1.82) is 0 Å². The number of fused-ring (bicyclic) bond motifs is 1. The molecule has 4 rings (SSSR count). The maximum Gasteiger partial charge on any atom is 0.262 e. The van der Waals surface area contributed by atoms with E-state index in [1.807, 2.05) is 0 Å². The number of amides is 2. The highest BCUT2D eigenvalue weighted by Crippen LogP contribution is 2.29. The molecule has 2 aromatic heterocycles. The predicted octanol–water partition coefficient (Wildman–Crippen LogP) is 1.56. The summed E-state index contributed by atoms with van der Waals surface area (Å²) in [5, 5.41) is 2.14. The molecule has 24 heavy (non-hydrogen) atoms. The number of benzene rings is 1. The number of nitrogens with zero attached hydrogens (tertiary/aromatic N) is 1. The number of para-hydroxylation sites is 1. The van der Waals surface area contributed by atoms with Crippen molar-refractivity contribution in [3.63, 3.8) is 0 Å². The van der Waals surface area contributed by atoms with E-state index in [-0.39, 0.29) is 16.9 Å². The minimum Gasteiger partial charge on any atom is -0.464 e. The van der Waals surface area contributed by atoms with Gasteiger partial charge in [-0.15, -0.1) is 0 Å². The molecule has 3 aromatic rings. The molecule has 118 valence electrons. The van der Waals surface area contributed by atoms with Crippen LogP contribution in [0.5, 0.6) is 0 Å². The van der Waals surface area contributed by atoms with E-state index in [4.69, 9.17) is 10.2 Å². The smallest absolute Gasteiger partial charge is 0.262 e. The first-order chi connectivity index (χ1) is 11.6. The molecule has 1 aliphatic rings. The third-order valence-electron chi connectivity index (χ3n) is 3.88. The van der Waals surface area contributed by atoms with Crippen LogP contribution in [0.25, 0.3) is 17.0 Å². The SMILES string of the molecule is Nc1c2c(cc(=O)n1-c1ccccc1-c1ccco1)C(=O)NC2=O. The summed E-state index contributed by atoms with van der Waals surface area (Å²) in [4.78, 5) is 36.2. The minimum atomic E-state index is -0.620. The molecule has 0 unspecified atom stereocenters. The standard InChI is InChI=1S/C17H11N3O4/c18-15-14-10(16(22)19-17(14)23)8-13(21)20(15)11-5-2-1-4-9(11)12-6-3-7-24-12/h1-8H,18H2,(H,19,22,23). The van der Waals surface area contributed by atoms with Gasteiger partial charge in [-0.25, -0.2) is 0 Å². The average Bonchev–Trinajstić information content (AvgIpc) is 3.17. The number of pyridine rings is 1. The number of imide groups is 1. The zero-order chi connectivity index (χ0) is 16.8. The highest BCUT2D eigenvalue weighted by molar-refractivity contribution is 6.23. The van der Waals surface area contributed by atoms with Crippen LogP contribution in [-0.4, -0.2) is 16.4 Å². The molecule has 3 N–H and O–H groups in total. The largest absolute Gasteiger partial charge is 0.464 e. The van der Waals surface area contributed by atoms with E-state index in [2.05, 4.69) is 5.32 Å². The summed E-state index contributed by atoms with van der Waals surface area (Å²) >= 11 is 0. The zero-order valence-corrected chi connectivity index (χ0v) is 12.3. The van der Waals surface area contributed by atoms with E-state index in [9.17, 15) is 14.4 Å². The van der Waals surface area contributed by atoms with Crippen LogP contribution in [0.3, 0.4) is 0 Å². The van der Waals surface area contributed by atoms with Gasteiger partial charge in [0, 0.05) is 11.6 Å². The molecule has 0 radical (unpaired) electrons. The molecular weight excluding hydrogens is 310 g/mol. The van der Waals surface area contributed by atoms with E-state index in [0.717, 1.165) is 6.07 Å². The maximum atomic E-state index is 12.5. The second-order valence-corrected chi connectivity index (χ2v) is 5.27. The van der Waals surface area contributed by atoms with Gasteiger partial charge in [0.05, 0.1) is 23.1 Å². The van der Waals surface area contributed by atoms with E-state index >= 15 is 0 Å². The molecule has 0 atom stereocenters. The van der Waals surface area contributed by atoms with Gasteiger partial charge in [0.2, 0.25) is 0 Å². The third kappa shape index (κ3) is 1.88. The molecule has 7 nitrogen and oxygen atoms in total. The first-order valence-electron chi connectivity index (χ1n) is 7.12. The Kier molecular flexibility index (Phi) is 2.89. The molecule has 2 amide bonds. The highest BCUT2D eigenvalue weighted by atomic mass is 16.3. The second-order valence-electron chi connectivity index (χ2n) is 5.27. The number of aromatic nitrogens is 1. The molecular formula is C17H11N3O4. The summed E-state index contributed by atoms with van der Waals surface area (Å²) in [6.45, 7) is 0. The van der Waals surface area contributed by atoms with Crippen molar-refractivity contribution in [2.45, 2.75) is 0 Å². The van der Waals surface area contributed by atoms with E-state index in [1.54, 1.807) is 36.4 Å². The fourth-order valence-corrected chi connectivity index (χ4v) is 2.84. The monoisotopic (exact) mass is 321 g/mol. The van der Waals surface area contributed by atoms with Gasteiger partial charge in [-0.2, -0.15) is 0 Å². The first kappa shape index (κ1) is 14.0. The number of hydrogen-bond acceptors (Lipinski definition) is 5. The lowest BCUT2D eigenvalue weighted by molar-refractivity contribution is 0.0880. The van der Waals surface area contributed by atoms with Crippen molar-refractivity contribution in [1.82, 2.24) is 9.88 Å². The molecule has 3 heterocycles. The summed E-state index contributed by atoms with van der Waals surface area (Å²) in [7, 11) is 0. The highest BCUT2D eigenvalue weighted by Gasteiger charge is 2.32. The number of carbonyl (C=O) groups is 2. The fourth-order valence-electron chi connectivity index (χ4n) is 2.84. The quantitative estimate of drug-likeness (QED) is 0.697. The number of carbonyl (C=O) groups excluding carboxylic acids is 2. The molecule has 0 spiro atoms. The van der Waals surface area contributed by atoms with Crippen LogP contribution < -0.4 is 16.6 Å². The van der Waals surface area contributed by atoms with E-state index in [1.165, 1.54) is 10.8 Å². The van der Waals surface area contributed by atoms with Crippen LogP contribution in [0.15, 0.2) is 57.9 Å². The lowest BCUT2D eigenvalue weighted by atomic mass is 10.1. The van der Waals surface area contributed by atoms with Crippen LogP contribution in [0.2, 0.25) is 0 Å². The Bertz CT molecular complexity index is 1050. The van der Waals surface area contributed by atoms with Crippen molar-refractivity contribution in [3.05, 3.63) is 70.2 Å².